The van der Waals surface area contributed by atoms with Crippen LogP contribution >= 0.6 is 0 Å². The Labute approximate surface area is 135 Å². The van der Waals surface area contributed by atoms with E-state index in [4.69, 9.17) is 0 Å². The highest BCUT2D eigenvalue weighted by atomic mass is 16.3. The van der Waals surface area contributed by atoms with E-state index in [1.165, 1.54) is 32.1 Å². The van der Waals surface area contributed by atoms with Crippen molar-refractivity contribution in [3.8, 4) is 6.07 Å². The number of hydrogen-bond donors (Lipinski definition) is 1. The van der Waals surface area contributed by atoms with Crippen molar-refractivity contribution in [2.45, 2.75) is 77.7 Å². The summed E-state index contributed by atoms with van der Waals surface area (Å²) in [5.41, 5.74) is 0.910. The van der Waals surface area contributed by atoms with Crippen molar-refractivity contribution in [3.63, 3.8) is 0 Å². The third kappa shape index (κ3) is 2.01. The maximum atomic E-state index is 10.1. The van der Waals surface area contributed by atoms with Crippen LogP contribution in [0.5, 0.6) is 0 Å². The SMILES string of the molecule is C[C@@]12CCC3[C@H](CC[C@H]4CC(O)CC[C@@]34C)C1C[C@@H](C#N)C2. The Balaban J connectivity index is 1.61. The summed E-state index contributed by atoms with van der Waals surface area (Å²) in [6.45, 7) is 5.02. The smallest absolute Gasteiger partial charge is 0.0656 e. The number of aliphatic hydroxyl groups is 1. The summed E-state index contributed by atoms with van der Waals surface area (Å²) < 4.78 is 0. The summed E-state index contributed by atoms with van der Waals surface area (Å²) in [7, 11) is 0. The number of aliphatic hydroxyl groups excluding tert-OH is 1. The second-order valence-electron chi connectivity index (χ2n) is 9.54. The van der Waals surface area contributed by atoms with Gasteiger partial charge in [-0.3, -0.25) is 0 Å². The summed E-state index contributed by atoms with van der Waals surface area (Å²) >= 11 is 0. The van der Waals surface area contributed by atoms with Crippen LogP contribution in [0.25, 0.3) is 0 Å². The average Bonchev–Trinajstić information content (AvgIpc) is 2.85. The highest BCUT2D eigenvalue weighted by molar-refractivity contribution is 5.10. The van der Waals surface area contributed by atoms with E-state index in [9.17, 15) is 10.4 Å². The van der Waals surface area contributed by atoms with Crippen LogP contribution in [0.4, 0.5) is 0 Å². The Kier molecular flexibility index (Phi) is 3.39. The molecule has 4 saturated carbocycles. The van der Waals surface area contributed by atoms with Crippen LogP contribution in [-0.4, -0.2) is 11.2 Å². The van der Waals surface area contributed by atoms with Gasteiger partial charge in [0.1, 0.15) is 0 Å². The van der Waals surface area contributed by atoms with E-state index >= 15 is 0 Å². The number of nitrogens with zero attached hydrogens (tertiary/aromatic N) is 1. The summed E-state index contributed by atoms with van der Waals surface area (Å²) in [4.78, 5) is 0. The molecule has 8 atom stereocenters. The van der Waals surface area contributed by atoms with Crippen LogP contribution in [0, 0.1) is 51.8 Å². The molecule has 3 unspecified atom stereocenters. The molecular formula is C20H31NO. The lowest BCUT2D eigenvalue weighted by Gasteiger charge is -2.60. The van der Waals surface area contributed by atoms with Crippen molar-refractivity contribution in [1.82, 2.24) is 0 Å². The van der Waals surface area contributed by atoms with Crippen LogP contribution in [0.15, 0.2) is 0 Å². The maximum absolute atomic E-state index is 10.1. The fraction of sp³-hybridized carbons (Fsp3) is 0.950. The number of nitriles is 1. The molecule has 0 spiro atoms. The molecule has 122 valence electrons. The summed E-state index contributed by atoms with van der Waals surface area (Å²) in [5, 5.41) is 19.5. The zero-order valence-corrected chi connectivity index (χ0v) is 14.2. The lowest BCUT2D eigenvalue weighted by molar-refractivity contribution is -0.120. The molecule has 4 rings (SSSR count). The normalized spacial score (nSPS) is 57.4. The van der Waals surface area contributed by atoms with Crippen LogP contribution in [-0.2, 0) is 0 Å². The topological polar surface area (TPSA) is 44.0 Å². The molecule has 4 fully saturated rings. The van der Waals surface area contributed by atoms with Gasteiger partial charge >= 0.3 is 0 Å². The molecule has 0 heterocycles. The molecule has 4 aliphatic carbocycles. The van der Waals surface area contributed by atoms with Crippen LogP contribution in [0.2, 0.25) is 0 Å². The molecule has 0 bridgehead atoms. The second kappa shape index (κ2) is 4.97. The molecule has 2 heteroatoms. The Bertz CT molecular complexity index is 496. The van der Waals surface area contributed by atoms with Crippen LogP contribution < -0.4 is 0 Å². The minimum absolute atomic E-state index is 0.0436. The molecule has 2 nitrogen and oxygen atoms in total. The molecule has 0 aromatic rings. The fourth-order valence-electron chi connectivity index (χ4n) is 7.39. The molecule has 1 N–H and O–H groups in total. The monoisotopic (exact) mass is 301 g/mol. The van der Waals surface area contributed by atoms with Gasteiger partial charge < -0.3 is 5.11 Å². The predicted molar refractivity (Wildman–Crippen MR) is 86.8 cm³/mol. The number of rotatable bonds is 0. The van der Waals surface area contributed by atoms with Gasteiger partial charge in [-0.1, -0.05) is 13.8 Å². The Morgan fingerprint density at radius 1 is 1.00 bits per heavy atom. The molecule has 0 aliphatic heterocycles. The molecular weight excluding hydrogens is 270 g/mol. The molecule has 0 saturated heterocycles. The third-order valence-corrected chi connectivity index (χ3v) is 8.59. The van der Waals surface area contributed by atoms with Gasteiger partial charge in [0.05, 0.1) is 12.2 Å². The summed E-state index contributed by atoms with van der Waals surface area (Å²) in [6, 6.07) is 2.58. The van der Waals surface area contributed by atoms with Gasteiger partial charge in [-0.2, -0.15) is 5.26 Å². The predicted octanol–water partition coefficient (Wildman–Crippen LogP) is 4.53. The van der Waals surface area contributed by atoms with Gasteiger partial charge in [-0.05, 0) is 92.3 Å². The average molecular weight is 301 g/mol. The fourth-order valence-corrected chi connectivity index (χ4v) is 7.39. The van der Waals surface area contributed by atoms with Gasteiger partial charge in [-0.15, -0.1) is 0 Å². The van der Waals surface area contributed by atoms with Crippen molar-refractivity contribution >= 4 is 0 Å². The highest BCUT2D eigenvalue weighted by Gasteiger charge is 2.59. The first-order chi connectivity index (χ1) is 10.5. The third-order valence-electron chi connectivity index (χ3n) is 8.59. The zero-order valence-electron chi connectivity index (χ0n) is 14.2. The number of hydrogen-bond acceptors (Lipinski definition) is 2. The second-order valence-corrected chi connectivity index (χ2v) is 9.54. The lowest BCUT2D eigenvalue weighted by Crippen LogP contribution is -2.53. The maximum Gasteiger partial charge on any atom is 0.0656 e. The molecule has 22 heavy (non-hydrogen) atoms. The van der Waals surface area contributed by atoms with E-state index in [2.05, 4.69) is 19.9 Å². The standard InChI is InChI=1S/C20H31NO/c1-19-7-6-17-16(18(19)9-13(11-19)12-21)4-3-14-10-15(22)5-8-20(14,17)2/h13-18,22H,3-11H2,1-2H3/t13-,14+,15?,16+,17?,18?,19+,20-/m1/s1. The first kappa shape index (κ1) is 15.0. The first-order valence-electron chi connectivity index (χ1n) is 9.54. The Morgan fingerprint density at radius 2 is 1.82 bits per heavy atom. The van der Waals surface area contributed by atoms with Gasteiger partial charge in [0.2, 0.25) is 0 Å². The highest BCUT2D eigenvalue weighted by Crippen LogP contribution is 2.66. The minimum Gasteiger partial charge on any atom is -0.393 e. The van der Waals surface area contributed by atoms with E-state index in [0.717, 1.165) is 49.4 Å². The van der Waals surface area contributed by atoms with Crippen molar-refractivity contribution < 1.29 is 5.11 Å². The molecule has 0 aromatic heterocycles. The summed E-state index contributed by atoms with van der Waals surface area (Å²) in [6.07, 6.45) is 10.9. The van der Waals surface area contributed by atoms with Crippen LogP contribution in [0.1, 0.15) is 71.6 Å². The van der Waals surface area contributed by atoms with Gasteiger partial charge in [0.25, 0.3) is 0 Å². The van der Waals surface area contributed by atoms with Crippen molar-refractivity contribution in [3.05, 3.63) is 0 Å². The van der Waals surface area contributed by atoms with Crippen LogP contribution in [0.3, 0.4) is 0 Å². The summed E-state index contributed by atoms with van der Waals surface area (Å²) in [5.74, 6) is 3.56. The molecule has 4 aliphatic rings. The van der Waals surface area contributed by atoms with Crippen molar-refractivity contribution in [2.75, 3.05) is 0 Å². The Morgan fingerprint density at radius 3 is 2.59 bits per heavy atom. The van der Waals surface area contributed by atoms with Crippen molar-refractivity contribution in [2.24, 2.45) is 40.4 Å². The van der Waals surface area contributed by atoms with E-state index < -0.39 is 0 Å². The van der Waals surface area contributed by atoms with E-state index in [1.54, 1.807) is 0 Å². The molecule has 0 amide bonds. The molecule has 0 aromatic carbocycles. The molecule has 0 radical (unpaired) electrons. The lowest BCUT2D eigenvalue weighted by atomic mass is 9.45. The minimum atomic E-state index is -0.0436. The first-order valence-corrected chi connectivity index (χ1v) is 9.54. The van der Waals surface area contributed by atoms with E-state index in [0.29, 0.717) is 16.7 Å². The van der Waals surface area contributed by atoms with Crippen molar-refractivity contribution in [1.29, 1.82) is 5.26 Å². The van der Waals surface area contributed by atoms with Gasteiger partial charge in [0, 0.05) is 5.92 Å². The van der Waals surface area contributed by atoms with E-state index in [1.807, 2.05) is 0 Å². The quantitative estimate of drug-likeness (QED) is 0.714. The largest absolute Gasteiger partial charge is 0.393 e. The number of fused-ring (bicyclic) bond motifs is 5. The van der Waals surface area contributed by atoms with E-state index in [-0.39, 0.29) is 6.10 Å². The van der Waals surface area contributed by atoms with Gasteiger partial charge in [-0.25, -0.2) is 0 Å². The Hall–Kier alpha value is -0.550. The van der Waals surface area contributed by atoms with Gasteiger partial charge in [0.15, 0.2) is 0 Å². The zero-order chi connectivity index (χ0) is 15.5.